The average molecular weight is 414 g/mol. The quantitative estimate of drug-likeness (QED) is 0.722. The number of nitrogens with zero attached hydrogens (tertiary/aromatic N) is 2. The van der Waals surface area contributed by atoms with Crippen molar-refractivity contribution in [2.45, 2.75) is 12.8 Å². The molecule has 1 fully saturated rings. The summed E-state index contributed by atoms with van der Waals surface area (Å²) in [5, 5.41) is 1.19. The Labute approximate surface area is 169 Å². The third-order valence-corrected chi connectivity index (χ3v) is 6.18. The number of piperidine rings is 1. The van der Waals surface area contributed by atoms with Crippen LogP contribution in [0.25, 0.3) is 6.08 Å². The highest BCUT2D eigenvalue weighted by Crippen LogP contribution is 2.21. The molecule has 29 heavy (non-hydrogen) atoms. The molecule has 0 radical (unpaired) electrons. The van der Waals surface area contributed by atoms with E-state index in [2.05, 4.69) is 15.8 Å². The molecule has 152 valence electrons. The van der Waals surface area contributed by atoms with Gasteiger partial charge in [0.25, 0.3) is 5.91 Å². The molecule has 2 amide bonds. The monoisotopic (exact) mass is 414 g/mol. The van der Waals surface area contributed by atoms with E-state index in [9.17, 15) is 18.0 Å². The van der Waals surface area contributed by atoms with Crippen LogP contribution in [0.3, 0.4) is 0 Å². The number of sulfonamides is 1. The lowest BCUT2D eigenvalue weighted by atomic mass is 9.98. The smallest absolute Gasteiger partial charge is 0.273 e. The Morgan fingerprint density at radius 3 is 2.34 bits per heavy atom. The van der Waals surface area contributed by atoms with Gasteiger partial charge in [-0.15, -0.1) is 0 Å². The van der Waals surface area contributed by atoms with Crippen LogP contribution in [0.1, 0.15) is 28.9 Å². The molecule has 1 aliphatic rings. The second-order valence-electron chi connectivity index (χ2n) is 6.59. The van der Waals surface area contributed by atoms with E-state index in [1.807, 2.05) is 30.3 Å². The van der Waals surface area contributed by atoms with Crippen molar-refractivity contribution < 1.29 is 18.0 Å². The number of hydrazine groups is 1. The van der Waals surface area contributed by atoms with Crippen LogP contribution in [0.15, 0.2) is 60.1 Å². The molecule has 0 atom stereocenters. The predicted molar refractivity (Wildman–Crippen MR) is 109 cm³/mol. The van der Waals surface area contributed by atoms with Crippen molar-refractivity contribution in [3.8, 4) is 0 Å². The van der Waals surface area contributed by atoms with E-state index in [0.29, 0.717) is 12.8 Å². The highest BCUT2D eigenvalue weighted by molar-refractivity contribution is 7.92. The molecule has 2 N–H and O–H groups in total. The Kier molecular flexibility index (Phi) is 6.73. The Balaban J connectivity index is 1.48. The first-order valence-corrected chi connectivity index (χ1v) is 10.7. The number of rotatable bonds is 5. The topological polar surface area (TPSA) is 108 Å². The van der Waals surface area contributed by atoms with Crippen LogP contribution in [-0.4, -0.2) is 42.6 Å². The summed E-state index contributed by atoms with van der Waals surface area (Å²) >= 11 is 0. The molecule has 3 rings (SSSR count). The fraction of sp³-hybridized carbons (Fsp3) is 0.250. The first-order chi connectivity index (χ1) is 14.0. The highest BCUT2D eigenvalue weighted by atomic mass is 32.2. The average Bonchev–Trinajstić information content (AvgIpc) is 2.77. The summed E-state index contributed by atoms with van der Waals surface area (Å²) in [5.41, 5.74) is 5.72. The van der Waals surface area contributed by atoms with E-state index in [-0.39, 0.29) is 30.6 Å². The Bertz CT molecular complexity index is 970. The van der Waals surface area contributed by atoms with Crippen molar-refractivity contribution in [2.75, 3.05) is 13.1 Å². The van der Waals surface area contributed by atoms with Crippen LogP contribution in [-0.2, 0) is 14.8 Å². The lowest BCUT2D eigenvalue weighted by Crippen LogP contribution is -2.48. The standard InChI is InChI=1S/C20H22N4O4S/c25-19(22-23-20(26)18-8-4-5-12-21-18)17-9-13-24(14-10-17)29(27,28)15-11-16-6-2-1-3-7-16/h1-8,11-12,15,17H,9-10,13-14H2,(H,22,25)(H,23,26)/b15-11+. The van der Waals surface area contributed by atoms with Crippen LogP contribution in [0.4, 0.5) is 0 Å². The minimum absolute atomic E-state index is 0.193. The second-order valence-corrected chi connectivity index (χ2v) is 8.41. The van der Waals surface area contributed by atoms with Gasteiger partial charge in [-0.2, -0.15) is 4.31 Å². The number of benzene rings is 1. The molecule has 1 saturated heterocycles. The summed E-state index contributed by atoms with van der Waals surface area (Å²) in [7, 11) is -3.55. The van der Waals surface area contributed by atoms with Crippen LogP contribution in [0, 0.1) is 5.92 Å². The summed E-state index contributed by atoms with van der Waals surface area (Å²) < 4.78 is 26.3. The maximum Gasteiger partial charge on any atom is 0.288 e. The molecule has 8 nitrogen and oxygen atoms in total. The summed E-state index contributed by atoms with van der Waals surface area (Å²) in [5.74, 6) is -1.22. The number of carbonyl (C=O) groups excluding carboxylic acids is 2. The lowest BCUT2D eigenvalue weighted by molar-refractivity contribution is -0.126. The van der Waals surface area contributed by atoms with Crippen molar-refractivity contribution in [3.63, 3.8) is 0 Å². The maximum atomic E-state index is 12.5. The van der Waals surface area contributed by atoms with Gasteiger partial charge >= 0.3 is 0 Å². The van der Waals surface area contributed by atoms with Crippen molar-refractivity contribution >= 4 is 27.9 Å². The molecule has 2 heterocycles. The number of carbonyl (C=O) groups is 2. The van der Waals surface area contributed by atoms with Crippen molar-refractivity contribution in [3.05, 3.63) is 71.4 Å². The van der Waals surface area contributed by atoms with E-state index in [1.165, 1.54) is 22.0 Å². The molecular formula is C20H22N4O4S. The van der Waals surface area contributed by atoms with Gasteiger partial charge in [0.2, 0.25) is 15.9 Å². The zero-order valence-corrected chi connectivity index (χ0v) is 16.5. The van der Waals surface area contributed by atoms with E-state index < -0.39 is 15.9 Å². The first kappa shape index (κ1) is 20.7. The summed E-state index contributed by atoms with van der Waals surface area (Å²) in [6.07, 6.45) is 3.80. The van der Waals surface area contributed by atoms with Gasteiger partial charge in [-0.25, -0.2) is 8.42 Å². The minimum atomic E-state index is -3.55. The zero-order valence-electron chi connectivity index (χ0n) is 15.7. The Morgan fingerprint density at radius 1 is 1.00 bits per heavy atom. The lowest BCUT2D eigenvalue weighted by Gasteiger charge is -2.29. The van der Waals surface area contributed by atoms with Gasteiger partial charge in [0.15, 0.2) is 0 Å². The van der Waals surface area contributed by atoms with Crippen molar-refractivity contribution in [1.29, 1.82) is 0 Å². The molecule has 1 aliphatic heterocycles. The van der Waals surface area contributed by atoms with Crippen LogP contribution >= 0.6 is 0 Å². The van der Waals surface area contributed by atoms with Crippen LogP contribution in [0.2, 0.25) is 0 Å². The number of hydrogen-bond acceptors (Lipinski definition) is 5. The van der Waals surface area contributed by atoms with E-state index in [4.69, 9.17) is 0 Å². The van der Waals surface area contributed by atoms with Crippen LogP contribution < -0.4 is 10.9 Å². The number of aromatic nitrogens is 1. The minimum Gasteiger partial charge on any atom is -0.273 e. The summed E-state index contributed by atoms with van der Waals surface area (Å²) in [6.45, 7) is 0.488. The molecule has 0 unspecified atom stereocenters. The number of hydrogen-bond donors (Lipinski definition) is 2. The molecule has 0 spiro atoms. The van der Waals surface area contributed by atoms with Crippen molar-refractivity contribution in [2.24, 2.45) is 5.92 Å². The highest BCUT2D eigenvalue weighted by Gasteiger charge is 2.30. The molecule has 9 heteroatoms. The van der Waals surface area contributed by atoms with Gasteiger partial charge < -0.3 is 0 Å². The molecule has 0 saturated carbocycles. The first-order valence-electron chi connectivity index (χ1n) is 9.20. The molecule has 0 bridgehead atoms. The second kappa shape index (κ2) is 9.44. The summed E-state index contributed by atoms with van der Waals surface area (Å²) in [4.78, 5) is 28.1. The molecule has 0 aliphatic carbocycles. The zero-order chi connectivity index (χ0) is 20.7. The van der Waals surface area contributed by atoms with Gasteiger partial charge in [-0.1, -0.05) is 36.4 Å². The fourth-order valence-corrected chi connectivity index (χ4v) is 4.19. The van der Waals surface area contributed by atoms with Crippen molar-refractivity contribution in [1.82, 2.24) is 20.1 Å². The fourth-order valence-electron chi connectivity index (χ4n) is 2.97. The van der Waals surface area contributed by atoms with Gasteiger partial charge in [0.05, 0.1) is 0 Å². The predicted octanol–water partition coefficient (Wildman–Crippen LogP) is 1.56. The number of nitrogens with one attached hydrogen (secondary N) is 2. The van der Waals surface area contributed by atoms with E-state index in [0.717, 1.165) is 5.56 Å². The van der Waals surface area contributed by atoms with Gasteiger partial charge in [-0.05, 0) is 36.6 Å². The van der Waals surface area contributed by atoms with E-state index >= 15 is 0 Å². The van der Waals surface area contributed by atoms with Gasteiger partial charge in [0.1, 0.15) is 5.69 Å². The Morgan fingerprint density at radius 2 is 1.69 bits per heavy atom. The largest absolute Gasteiger partial charge is 0.288 e. The van der Waals surface area contributed by atoms with E-state index in [1.54, 1.807) is 18.2 Å². The Hall–Kier alpha value is -3.04. The molecule has 2 aromatic rings. The third kappa shape index (κ3) is 5.72. The normalized spacial score (nSPS) is 15.9. The van der Waals surface area contributed by atoms with Gasteiger partial charge in [-0.3, -0.25) is 25.4 Å². The molecule has 1 aromatic heterocycles. The number of pyridine rings is 1. The molecular weight excluding hydrogens is 392 g/mol. The van der Waals surface area contributed by atoms with Gasteiger partial charge in [0, 0.05) is 30.6 Å². The SMILES string of the molecule is O=C(NNC(=O)C1CCN(S(=O)(=O)/C=C/c2ccccc2)CC1)c1ccccn1. The molecule has 1 aromatic carbocycles. The van der Waals surface area contributed by atoms with Crippen LogP contribution in [0.5, 0.6) is 0 Å². The maximum absolute atomic E-state index is 12.5. The number of amides is 2. The summed E-state index contributed by atoms with van der Waals surface area (Å²) in [6, 6.07) is 14.1. The third-order valence-electron chi connectivity index (χ3n) is 4.61.